The number of thioether (sulfide) groups is 1. The number of nitrogens with one attached hydrogen (secondary N) is 1. The number of aromatic amines is 1. The highest BCUT2D eigenvalue weighted by molar-refractivity contribution is 8.00. The van der Waals surface area contributed by atoms with Gasteiger partial charge in [0.1, 0.15) is 10.7 Å². The molecule has 0 amide bonds. The van der Waals surface area contributed by atoms with E-state index in [4.69, 9.17) is 5.73 Å². The number of rotatable bonds is 3. The third-order valence-electron chi connectivity index (χ3n) is 3.97. The first-order chi connectivity index (χ1) is 11.1. The molecule has 3 aromatic heterocycles. The first-order valence-corrected chi connectivity index (χ1v) is 9.97. The monoisotopic (exact) mass is 365 g/mol. The van der Waals surface area contributed by atoms with Crippen molar-refractivity contribution in [3.8, 4) is 0 Å². The summed E-state index contributed by atoms with van der Waals surface area (Å²) in [6.45, 7) is 2.26. The molecule has 1 aliphatic rings. The fraction of sp³-hybridized carbons (Fsp3) is 0.429. The Bertz CT molecular complexity index is 928. The van der Waals surface area contributed by atoms with Crippen molar-refractivity contribution in [2.24, 2.45) is 5.92 Å². The Morgan fingerprint density at radius 3 is 3.04 bits per heavy atom. The SMILES string of the molecule is C[C@H]1CCc2c(sc3nc(CSc4nnc(N)s4)[nH]c(=O)c23)C1. The number of fused-ring (bicyclic) bond motifs is 3. The minimum atomic E-state index is -0.0190. The Labute approximate surface area is 144 Å². The Balaban J connectivity index is 1.66. The maximum atomic E-state index is 12.5. The molecule has 0 aliphatic heterocycles. The van der Waals surface area contributed by atoms with Crippen LogP contribution in [0, 0.1) is 5.92 Å². The predicted octanol–water partition coefficient (Wildman–Crippen LogP) is 2.84. The van der Waals surface area contributed by atoms with Gasteiger partial charge < -0.3 is 10.7 Å². The molecule has 9 heteroatoms. The molecule has 3 aromatic rings. The van der Waals surface area contributed by atoms with Crippen LogP contribution in [-0.4, -0.2) is 20.2 Å². The van der Waals surface area contributed by atoms with E-state index < -0.39 is 0 Å². The van der Waals surface area contributed by atoms with E-state index in [9.17, 15) is 4.79 Å². The third kappa shape index (κ3) is 2.88. The van der Waals surface area contributed by atoms with Crippen LogP contribution >= 0.6 is 34.4 Å². The summed E-state index contributed by atoms with van der Waals surface area (Å²) < 4.78 is 0.782. The molecule has 6 nitrogen and oxygen atoms in total. The number of hydrogen-bond donors (Lipinski definition) is 2. The van der Waals surface area contributed by atoms with Crippen molar-refractivity contribution in [2.45, 2.75) is 36.3 Å². The van der Waals surface area contributed by atoms with Crippen LogP contribution in [-0.2, 0) is 18.6 Å². The number of thiophene rings is 1. The molecule has 0 radical (unpaired) electrons. The van der Waals surface area contributed by atoms with E-state index in [0.717, 1.165) is 33.8 Å². The molecule has 3 N–H and O–H groups in total. The van der Waals surface area contributed by atoms with Crippen LogP contribution in [0.1, 0.15) is 29.6 Å². The molecule has 4 rings (SSSR count). The van der Waals surface area contributed by atoms with Gasteiger partial charge in [-0.2, -0.15) is 0 Å². The molecule has 120 valence electrons. The van der Waals surface area contributed by atoms with Crippen molar-refractivity contribution >= 4 is 49.8 Å². The Morgan fingerprint density at radius 2 is 2.26 bits per heavy atom. The summed E-state index contributed by atoms with van der Waals surface area (Å²) in [5, 5.41) is 8.99. The van der Waals surface area contributed by atoms with E-state index in [0.29, 0.717) is 22.6 Å². The highest BCUT2D eigenvalue weighted by Crippen LogP contribution is 2.36. The summed E-state index contributed by atoms with van der Waals surface area (Å²) >= 11 is 4.49. The lowest BCUT2D eigenvalue weighted by Gasteiger charge is -2.17. The number of aromatic nitrogens is 4. The first kappa shape index (κ1) is 15.1. The molecule has 1 aliphatic carbocycles. The van der Waals surface area contributed by atoms with Crippen molar-refractivity contribution in [2.75, 3.05) is 5.73 Å². The van der Waals surface area contributed by atoms with Crippen LogP contribution in [0.4, 0.5) is 5.13 Å². The maximum Gasteiger partial charge on any atom is 0.259 e. The molecule has 3 heterocycles. The number of aryl methyl sites for hydroxylation is 1. The molecule has 0 unspecified atom stereocenters. The second-order valence-electron chi connectivity index (χ2n) is 5.74. The van der Waals surface area contributed by atoms with Gasteiger partial charge in [-0.15, -0.1) is 21.5 Å². The lowest BCUT2D eigenvalue weighted by atomic mass is 9.89. The van der Waals surface area contributed by atoms with Gasteiger partial charge >= 0.3 is 0 Å². The molecule has 23 heavy (non-hydrogen) atoms. The van der Waals surface area contributed by atoms with E-state index in [1.165, 1.54) is 33.5 Å². The normalized spacial score (nSPS) is 17.5. The van der Waals surface area contributed by atoms with Gasteiger partial charge in [0, 0.05) is 4.88 Å². The molecular weight excluding hydrogens is 350 g/mol. The molecular formula is C14H15N5OS3. The Hall–Kier alpha value is -1.45. The quantitative estimate of drug-likeness (QED) is 0.693. The van der Waals surface area contributed by atoms with Gasteiger partial charge in [0.2, 0.25) is 5.13 Å². The molecule has 1 atom stereocenters. The number of nitrogen functional groups attached to an aromatic ring is 1. The van der Waals surface area contributed by atoms with Gasteiger partial charge in [0.15, 0.2) is 4.34 Å². The predicted molar refractivity (Wildman–Crippen MR) is 95.3 cm³/mol. The highest BCUT2D eigenvalue weighted by atomic mass is 32.2. The average molecular weight is 366 g/mol. The van der Waals surface area contributed by atoms with E-state index >= 15 is 0 Å². The lowest BCUT2D eigenvalue weighted by molar-refractivity contribution is 0.509. The minimum Gasteiger partial charge on any atom is -0.374 e. The van der Waals surface area contributed by atoms with E-state index in [2.05, 4.69) is 27.1 Å². The van der Waals surface area contributed by atoms with Crippen LogP contribution in [0.2, 0.25) is 0 Å². The third-order valence-corrected chi connectivity index (χ3v) is 7.01. The number of nitrogens with zero attached hydrogens (tertiary/aromatic N) is 3. The lowest BCUT2D eigenvalue weighted by Crippen LogP contribution is -2.14. The largest absolute Gasteiger partial charge is 0.374 e. The standard InChI is InChI=1S/C14H15N5OS3/c1-6-2-3-7-8(4-6)22-12-10(7)11(20)16-9(17-12)5-21-14-19-18-13(15)23-14/h6H,2-5H2,1H3,(H2,15,18)(H,16,17,20)/t6-/m0/s1. The summed E-state index contributed by atoms with van der Waals surface area (Å²) in [5.74, 6) is 1.92. The minimum absolute atomic E-state index is 0.0190. The zero-order valence-electron chi connectivity index (χ0n) is 12.5. The molecule has 0 saturated heterocycles. The van der Waals surface area contributed by atoms with Crippen molar-refractivity contribution in [1.82, 2.24) is 20.2 Å². The summed E-state index contributed by atoms with van der Waals surface area (Å²) in [4.78, 5) is 22.3. The van der Waals surface area contributed by atoms with Crippen LogP contribution in [0.15, 0.2) is 9.13 Å². The molecule has 0 bridgehead atoms. The summed E-state index contributed by atoms with van der Waals surface area (Å²) in [6.07, 6.45) is 3.19. The van der Waals surface area contributed by atoms with E-state index in [1.54, 1.807) is 11.3 Å². The van der Waals surface area contributed by atoms with E-state index in [-0.39, 0.29) is 5.56 Å². The summed E-state index contributed by atoms with van der Waals surface area (Å²) in [7, 11) is 0. The van der Waals surface area contributed by atoms with Crippen LogP contribution in [0.3, 0.4) is 0 Å². The van der Waals surface area contributed by atoms with Crippen molar-refractivity contribution in [3.05, 3.63) is 26.6 Å². The molecule has 0 aromatic carbocycles. The zero-order valence-corrected chi connectivity index (χ0v) is 14.9. The van der Waals surface area contributed by atoms with Crippen LogP contribution in [0.25, 0.3) is 10.2 Å². The van der Waals surface area contributed by atoms with Gasteiger partial charge in [0.25, 0.3) is 5.56 Å². The van der Waals surface area contributed by atoms with Crippen molar-refractivity contribution < 1.29 is 0 Å². The summed E-state index contributed by atoms with van der Waals surface area (Å²) in [6, 6.07) is 0. The van der Waals surface area contributed by atoms with Gasteiger partial charge in [-0.25, -0.2) is 4.98 Å². The number of hydrogen-bond acceptors (Lipinski definition) is 8. The smallest absolute Gasteiger partial charge is 0.259 e. The number of H-pyrrole nitrogens is 1. The fourth-order valence-electron chi connectivity index (χ4n) is 2.87. The number of anilines is 1. The summed E-state index contributed by atoms with van der Waals surface area (Å²) in [5.41, 5.74) is 6.77. The zero-order chi connectivity index (χ0) is 16.0. The molecule has 0 saturated carbocycles. The first-order valence-electron chi connectivity index (χ1n) is 7.35. The van der Waals surface area contributed by atoms with Gasteiger partial charge in [0.05, 0.1) is 11.1 Å². The molecule has 0 fully saturated rings. The van der Waals surface area contributed by atoms with Crippen LogP contribution in [0.5, 0.6) is 0 Å². The van der Waals surface area contributed by atoms with Crippen molar-refractivity contribution in [3.63, 3.8) is 0 Å². The van der Waals surface area contributed by atoms with Crippen molar-refractivity contribution in [1.29, 1.82) is 0 Å². The fourth-order valence-corrected chi connectivity index (χ4v) is 5.78. The van der Waals surface area contributed by atoms with E-state index in [1.807, 2.05) is 0 Å². The van der Waals surface area contributed by atoms with Gasteiger partial charge in [-0.05, 0) is 30.7 Å². The average Bonchev–Trinajstić information content (AvgIpc) is 3.07. The second-order valence-corrected chi connectivity index (χ2v) is 9.05. The van der Waals surface area contributed by atoms with Gasteiger partial charge in [-0.1, -0.05) is 30.0 Å². The van der Waals surface area contributed by atoms with Crippen LogP contribution < -0.4 is 11.3 Å². The topological polar surface area (TPSA) is 97.5 Å². The Kier molecular flexibility index (Phi) is 3.86. The number of nitrogens with two attached hydrogens (primary N) is 1. The highest BCUT2D eigenvalue weighted by Gasteiger charge is 2.23. The Morgan fingerprint density at radius 1 is 1.39 bits per heavy atom. The van der Waals surface area contributed by atoms with Gasteiger partial charge in [-0.3, -0.25) is 4.79 Å². The second kappa shape index (κ2) is 5.88. The molecule has 0 spiro atoms. The maximum absolute atomic E-state index is 12.5.